The molecule has 0 heterocycles. The molecule has 0 aromatic rings. The fourth-order valence-corrected chi connectivity index (χ4v) is 1.04. The molecule has 0 aliphatic rings. The van der Waals surface area contributed by atoms with Gasteiger partial charge in [0.25, 0.3) is 0 Å². The molecule has 0 aromatic carbocycles. The van der Waals surface area contributed by atoms with Crippen molar-refractivity contribution in [1.82, 2.24) is 0 Å². The summed E-state index contributed by atoms with van der Waals surface area (Å²) in [6, 6.07) is 0. The van der Waals surface area contributed by atoms with E-state index in [-0.39, 0.29) is 13.2 Å². The number of hydrogen-bond donors (Lipinski definition) is 1. The molecule has 1 N–H and O–H groups in total. The first-order valence-electron chi connectivity index (χ1n) is 3.39. The molecule has 0 aromatic heterocycles. The zero-order valence-corrected chi connectivity index (χ0v) is 7.25. The molecule has 0 saturated heterocycles. The van der Waals surface area contributed by atoms with Gasteiger partial charge in [-0.3, -0.25) is 0 Å². The SMILES string of the molecule is OCCSCCOCC(F)(F)F. The van der Waals surface area contributed by atoms with Crippen molar-refractivity contribution in [3.05, 3.63) is 0 Å². The molecule has 0 fully saturated rings. The number of alkyl halides is 3. The standard InChI is InChI=1S/C6H11F3O2S/c7-6(8,9)5-11-2-4-12-3-1-10/h10H,1-5H2. The number of hydrogen-bond acceptors (Lipinski definition) is 3. The van der Waals surface area contributed by atoms with Crippen molar-refractivity contribution in [3.63, 3.8) is 0 Å². The van der Waals surface area contributed by atoms with Crippen LogP contribution in [-0.2, 0) is 4.74 Å². The highest BCUT2D eigenvalue weighted by atomic mass is 32.2. The molecule has 0 bridgehead atoms. The summed E-state index contributed by atoms with van der Waals surface area (Å²) in [6.45, 7) is -1.07. The number of rotatable bonds is 6. The number of thioether (sulfide) groups is 1. The van der Waals surface area contributed by atoms with Crippen LogP contribution in [0, 0.1) is 0 Å². The molecule has 0 atom stereocenters. The van der Waals surface area contributed by atoms with Crippen molar-refractivity contribution in [3.8, 4) is 0 Å². The van der Waals surface area contributed by atoms with Gasteiger partial charge in [-0.1, -0.05) is 0 Å². The summed E-state index contributed by atoms with van der Waals surface area (Å²) in [5.74, 6) is 1.02. The lowest BCUT2D eigenvalue weighted by molar-refractivity contribution is -0.172. The Kier molecular flexibility index (Phi) is 6.60. The van der Waals surface area contributed by atoms with E-state index < -0.39 is 12.8 Å². The molecule has 2 nitrogen and oxygen atoms in total. The molecule has 6 heteroatoms. The third-order valence-corrected chi connectivity index (χ3v) is 1.80. The molecular weight excluding hydrogens is 193 g/mol. The maximum absolute atomic E-state index is 11.5. The van der Waals surface area contributed by atoms with Crippen LogP contribution in [0.4, 0.5) is 13.2 Å². The van der Waals surface area contributed by atoms with Crippen LogP contribution >= 0.6 is 11.8 Å². The summed E-state index contributed by atoms with van der Waals surface area (Å²) in [4.78, 5) is 0. The fourth-order valence-electron chi connectivity index (χ4n) is 0.472. The molecule has 0 spiro atoms. The molecule has 12 heavy (non-hydrogen) atoms. The van der Waals surface area contributed by atoms with Gasteiger partial charge < -0.3 is 9.84 Å². The third kappa shape index (κ3) is 10.1. The molecule has 0 aliphatic heterocycles. The van der Waals surface area contributed by atoms with Gasteiger partial charge in [0, 0.05) is 11.5 Å². The van der Waals surface area contributed by atoms with Gasteiger partial charge in [-0.05, 0) is 0 Å². The van der Waals surface area contributed by atoms with E-state index in [1.165, 1.54) is 11.8 Å². The van der Waals surface area contributed by atoms with E-state index in [1.54, 1.807) is 0 Å². The summed E-state index contributed by atoms with van der Waals surface area (Å²) in [7, 11) is 0. The van der Waals surface area contributed by atoms with Gasteiger partial charge in [0.2, 0.25) is 0 Å². The summed E-state index contributed by atoms with van der Waals surface area (Å²) >= 11 is 1.36. The molecule has 0 aliphatic carbocycles. The molecule has 0 amide bonds. The van der Waals surface area contributed by atoms with Gasteiger partial charge in [-0.15, -0.1) is 0 Å². The van der Waals surface area contributed by atoms with E-state index in [2.05, 4.69) is 4.74 Å². The summed E-state index contributed by atoms with van der Waals surface area (Å²) < 4.78 is 38.7. The molecule has 0 rings (SSSR count). The van der Waals surface area contributed by atoms with Crippen LogP contribution in [0.3, 0.4) is 0 Å². The minimum absolute atomic E-state index is 0.0456. The largest absolute Gasteiger partial charge is 0.411 e. The highest BCUT2D eigenvalue weighted by molar-refractivity contribution is 7.99. The Morgan fingerprint density at radius 1 is 1.25 bits per heavy atom. The van der Waals surface area contributed by atoms with Gasteiger partial charge in [-0.2, -0.15) is 24.9 Å². The minimum atomic E-state index is -4.23. The van der Waals surface area contributed by atoms with Crippen molar-refractivity contribution in [2.45, 2.75) is 6.18 Å². The lowest BCUT2D eigenvalue weighted by Gasteiger charge is -2.06. The van der Waals surface area contributed by atoms with E-state index in [9.17, 15) is 13.2 Å². The summed E-state index contributed by atoms with van der Waals surface area (Å²) in [6.07, 6.45) is -4.23. The minimum Gasteiger partial charge on any atom is -0.396 e. The Balaban J connectivity index is 3.01. The Labute approximate surface area is 73.1 Å². The van der Waals surface area contributed by atoms with Crippen molar-refractivity contribution in [2.75, 3.05) is 31.3 Å². The number of aliphatic hydroxyl groups is 1. The van der Waals surface area contributed by atoms with E-state index >= 15 is 0 Å². The first-order chi connectivity index (χ1) is 5.56. The zero-order valence-electron chi connectivity index (χ0n) is 6.43. The van der Waals surface area contributed by atoms with Crippen LogP contribution in [-0.4, -0.2) is 42.6 Å². The average molecular weight is 204 g/mol. The maximum atomic E-state index is 11.5. The van der Waals surface area contributed by atoms with E-state index in [0.29, 0.717) is 11.5 Å². The van der Waals surface area contributed by atoms with Crippen LogP contribution in [0.1, 0.15) is 0 Å². The second kappa shape index (κ2) is 6.56. The van der Waals surface area contributed by atoms with Crippen molar-refractivity contribution < 1.29 is 23.0 Å². The number of aliphatic hydroxyl groups excluding tert-OH is 1. The van der Waals surface area contributed by atoms with Crippen LogP contribution in [0.15, 0.2) is 0 Å². The third-order valence-electron chi connectivity index (χ3n) is 0.873. The lowest BCUT2D eigenvalue weighted by Crippen LogP contribution is -2.18. The fraction of sp³-hybridized carbons (Fsp3) is 1.00. The molecule has 0 saturated carbocycles. The predicted molar refractivity (Wildman–Crippen MR) is 41.3 cm³/mol. The molecular formula is C6H11F3O2S. The number of halogens is 3. The monoisotopic (exact) mass is 204 g/mol. The van der Waals surface area contributed by atoms with Crippen molar-refractivity contribution in [1.29, 1.82) is 0 Å². The average Bonchev–Trinajstić information content (AvgIpc) is 1.94. The van der Waals surface area contributed by atoms with Gasteiger partial charge in [-0.25, -0.2) is 0 Å². The van der Waals surface area contributed by atoms with Crippen LogP contribution in [0.25, 0.3) is 0 Å². The number of ether oxygens (including phenoxy) is 1. The quantitative estimate of drug-likeness (QED) is 0.661. The second-order valence-corrected chi connectivity index (χ2v) is 3.23. The molecule has 74 valence electrons. The first kappa shape index (κ1) is 12.1. The normalized spacial score (nSPS) is 12.0. The molecule has 0 unspecified atom stereocenters. The van der Waals surface area contributed by atoms with Gasteiger partial charge >= 0.3 is 6.18 Å². The van der Waals surface area contributed by atoms with Gasteiger partial charge in [0.1, 0.15) is 6.61 Å². The smallest absolute Gasteiger partial charge is 0.396 e. The van der Waals surface area contributed by atoms with Gasteiger partial charge in [0.05, 0.1) is 13.2 Å². The predicted octanol–water partition coefficient (Wildman–Crippen LogP) is 1.29. The highest BCUT2D eigenvalue weighted by Crippen LogP contribution is 2.14. The van der Waals surface area contributed by atoms with Crippen LogP contribution < -0.4 is 0 Å². The Morgan fingerprint density at radius 2 is 1.92 bits per heavy atom. The first-order valence-corrected chi connectivity index (χ1v) is 4.55. The zero-order chi connectivity index (χ0) is 9.45. The topological polar surface area (TPSA) is 29.5 Å². The van der Waals surface area contributed by atoms with E-state index in [1.807, 2.05) is 0 Å². The van der Waals surface area contributed by atoms with Crippen LogP contribution in [0.2, 0.25) is 0 Å². The van der Waals surface area contributed by atoms with Crippen LogP contribution in [0.5, 0.6) is 0 Å². The Hall–Kier alpha value is 0.0600. The highest BCUT2D eigenvalue weighted by Gasteiger charge is 2.27. The molecule has 0 radical (unpaired) electrons. The lowest BCUT2D eigenvalue weighted by atomic mass is 10.7. The Bertz CT molecular complexity index is 107. The van der Waals surface area contributed by atoms with E-state index in [4.69, 9.17) is 5.11 Å². The second-order valence-electron chi connectivity index (χ2n) is 2.00. The van der Waals surface area contributed by atoms with Crippen molar-refractivity contribution >= 4 is 11.8 Å². The van der Waals surface area contributed by atoms with Crippen molar-refractivity contribution in [2.24, 2.45) is 0 Å². The summed E-state index contributed by atoms with van der Waals surface area (Å²) in [5.41, 5.74) is 0. The summed E-state index contributed by atoms with van der Waals surface area (Å²) in [5, 5.41) is 8.31. The maximum Gasteiger partial charge on any atom is 0.411 e. The Morgan fingerprint density at radius 3 is 2.42 bits per heavy atom. The van der Waals surface area contributed by atoms with E-state index in [0.717, 1.165) is 0 Å². The van der Waals surface area contributed by atoms with Gasteiger partial charge in [0.15, 0.2) is 0 Å².